The highest BCUT2D eigenvalue weighted by Gasteiger charge is 2.47. The van der Waals surface area contributed by atoms with E-state index in [4.69, 9.17) is 0 Å². The first-order valence-corrected chi connectivity index (χ1v) is 10.2. The molecule has 2 aliphatic heterocycles. The van der Waals surface area contributed by atoms with Crippen LogP contribution in [0.4, 0.5) is 11.4 Å². The number of anilines is 1. The van der Waals surface area contributed by atoms with Crippen molar-refractivity contribution in [3.63, 3.8) is 0 Å². The average Bonchev–Trinajstić information content (AvgIpc) is 3.00. The molecular formula is C22H17N3O3S. The van der Waals surface area contributed by atoms with Gasteiger partial charge in [-0.2, -0.15) is 0 Å². The van der Waals surface area contributed by atoms with Gasteiger partial charge in [0, 0.05) is 22.9 Å². The maximum absolute atomic E-state index is 13.5. The smallest absolute Gasteiger partial charge is 0.287 e. The summed E-state index contributed by atoms with van der Waals surface area (Å²) < 4.78 is 0. The molecule has 144 valence electrons. The van der Waals surface area contributed by atoms with Crippen LogP contribution in [0.3, 0.4) is 0 Å². The molecule has 1 aromatic heterocycles. The van der Waals surface area contributed by atoms with Crippen molar-refractivity contribution < 1.29 is 9.72 Å². The number of rotatable bonds is 2. The Morgan fingerprint density at radius 1 is 1.07 bits per heavy atom. The number of carbonyl (C=O) groups is 1. The van der Waals surface area contributed by atoms with Crippen LogP contribution in [0.25, 0.3) is 11.3 Å². The van der Waals surface area contributed by atoms with Crippen molar-refractivity contribution in [2.45, 2.75) is 24.5 Å². The number of aromatic nitrogens is 1. The van der Waals surface area contributed by atoms with E-state index < -0.39 is 4.92 Å². The molecule has 1 fully saturated rings. The number of aryl methyl sites for hydroxylation is 2. The fourth-order valence-electron chi connectivity index (χ4n) is 4.00. The highest BCUT2D eigenvalue weighted by atomic mass is 32.2. The molecule has 2 aromatic carbocycles. The van der Waals surface area contributed by atoms with Crippen LogP contribution in [0.2, 0.25) is 0 Å². The van der Waals surface area contributed by atoms with Crippen molar-refractivity contribution in [1.82, 2.24) is 4.98 Å². The summed E-state index contributed by atoms with van der Waals surface area (Å²) in [5, 5.41) is 10.7. The van der Waals surface area contributed by atoms with Gasteiger partial charge in [-0.15, -0.1) is 11.8 Å². The van der Waals surface area contributed by atoms with E-state index in [1.165, 1.54) is 18.0 Å². The number of nitro groups is 1. The fraction of sp³-hybridized carbons (Fsp3) is 0.182. The second-order valence-electron chi connectivity index (χ2n) is 7.32. The monoisotopic (exact) mass is 403 g/mol. The standard InChI is InChI=1S/C22H17N3O3S/c1-12-8-16-17(9-13(12)2)20-21(26)24(14-6-4-3-5-7-14)22(29-20)18-10-15(25(27)28)11-23-19(16)18/h3-11,20,22H,1-2H3. The third-order valence-corrected chi connectivity index (χ3v) is 7.03. The number of benzene rings is 2. The maximum Gasteiger partial charge on any atom is 0.287 e. The first-order valence-electron chi connectivity index (χ1n) is 9.25. The molecule has 2 aliphatic rings. The second-order valence-corrected chi connectivity index (χ2v) is 8.51. The number of hydrogen-bond donors (Lipinski definition) is 0. The van der Waals surface area contributed by atoms with Gasteiger partial charge in [0.1, 0.15) is 16.8 Å². The minimum atomic E-state index is -0.439. The average molecular weight is 403 g/mol. The molecule has 1 amide bonds. The lowest BCUT2D eigenvalue weighted by atomic mass is 9.91. The molecule has 1 saturated heterocycles. The summed E-state index contributed by atoms with van der Waals surface area (Å²) >= 11 is 1.52. The Morgan fingerprint density at radius 3 is 2.52 bits per heavy atom. The van der Waals surface area contributed by atoms with E-state index in [9.17, 15) is 14.9 Å². The quantitative estimate of drug-likeness (QED) is 0.439. The van der Waals surface area contributed by atoms with Crippen LogP contribution in [0, 0.1) is 24.0 Å². The Hall–Kier alpha value is -3.19. The van der Waals surface area contributed by atoms with Crippen molar-refractivity contribution in [1.29, 1.82) is 0 Å². The summed E-state index contributed by atoms with van der Waals surface area (Å²) in [6.45, 7) is 4.05. The van der Waals surface area contributed by atoms with Gasteiger partial charge in [0.2, 0.25) is 5.91 Å². The predicted octanol–water partition coefficient (Wildman–Crippen LogP) is 5.11. The molecule has 7 heteroatoms. The summed E-state index contributed by atoms with van der Waals surface area (Å²) in [4.78, 5) is 30.7. The van der Waals surface area contributed by atoms with Crippen molar-refractivity contribution >= 4 is 29.0 Å². The third-order valence-electron chi connectivity index (χ3n) is 5.58. The largest absolute Gasteiger partial charge is 0.294 e. The summed E-state index contributed by atoms with van der Waals surface area (Å²) in [5.41, 5.74) is 6.14. The first kappa shape index (κ1) is 17.9. The number of para-hydroxylation sites is 1. The normalized spacial score (nSPS) is 19.5. The molecule has 2 bridgehead atoms. The molecule has 0 radical (unpaired) electrons. The lowest BCUT2D eigenvalue weighted by molar-refractivity contribution is -0.385. The van der Waals surface area contributed by atoms with E-state index in [0.717, 1.165) is 27.9 Å². The van der Waals surface area contributed by atoms with Gasteiger partial charge < -0.3 is 0 Å². The lowest BCUT2D eigenvalue weighted by Gasteiger charge is -2.27. The number of pyridine rings is 1. The molecule has 0 N–H and O–H groups in total. The zero-order valence-corrected chi connectivity index (χ0v) is 16.6. The Balaban J connectivity index is 1.80. The van der Waals surface area contributed by atoms with E-state index in [2.05, 4.69) is 11.1 Å². The molecular weight excluding hydrogens is 386 g/mol. The van der Waals surface area contributed by atoms with Crippen molar-refractivity contribution in [3.05, 3.63) is 87.1 Å². The van der Waals surface area contributed by atoms with Crippen molar-refractivity contribution in [2.24, 2.45) is 0 Å². The lowest BCUT2D eigenvalue weighted by Crippen LogP contribution is -2.30. The van der Waals surface area contributed by atoms with Crippen LogP contribution in [0.15, 0.2) is 54.7 Å². The zero-order valence-electron chi connectivity index (χ0n) is 15.8. The van der Waals surface area contributed by atoms with Crippen LogP contribution in [0.5, 0.6) is 0 Å². The van der Waals surface area contributed by atoms with Crippen LogP contribution in [0.1, 0.15) is 32.9 Å². The number of carbonyl (C=O) groups excluding carboxylic acids is 1. The second kappa shape index (κ2) is 6.42. The van der Waals surface area contributed by atoms with E-state index >= 15 is 0 Å². The fourth-order valence-corrected chi connectivity index (χ4v) is 5.51. The molecule has 0 saturated carbocycles. The number of fused-ring (bicyclic) bond motifs is 7. The number of nitrogens with zero attached hydrogens (tertiary/aromatic N) is 3. The molecule has 3 aromatic rings. The Labute approximate surface area is 171 Å². The van der Waals surface area contributed by atoms with Crippen LogP contribution >= 0.6 is 11.8 Å². The van der Waals surface area contributed by atoms with Crippen LogP contribution in [-0.4, -0.2) is 15.8 Å². The molecule has 3 heterocycles. The van der Waals surface area contributed by atoms with Gasteiger partial charge in [-0.05, 0) is 48.7 Å². The summed E-state index contributed by atoms with van der Waals surface area (Å²) in [5.74, 6) is -0.00661. The maximum atomic E-state index is 13.5. The van der Waals surface area contributed by atoms with E-state index in [1.54, 1.807) is 11.0 Å². The van der Waals surface area contributed by atoms with Crippen molar-refractivity contribution in [2.75, 3.05) is 4.90 Å². The molecule has 2 atom stereocenters. The summed E-state index contributed by atoms with van der Waals surface area (Å²) in [6, 6.07) is 15.1. The number of hydrogen-bond acceptors (Lipinski definition) is 5. The molecule has 29 heavy (non-hydrogen) atoms. The Kier molecular flexibility index (Phi) is 3.96. The SMILES string of the molecule is Cc1cc2c(cc1C)C1SC(c3cc([N+](=O)[O-])cnc3-2)N(c2ccccc2)C1=O. The minimum Gasteiger partial charge on any atom is -0.294 e. The van der Waals surface area contributed by atoms with Gasteiger partial charge in [0.05, 0.1) is 10.6 Å². The van der Waals surface area contributed by atoms with Crippen LogP contribution in [-0.2, 0) is 4.79 Å². The number of thioether (sulfide) groups is 1. The first-order chi connectivity index (χ1) is 14.0. The molecule has 5 rings (SSSR count). The predicted molar refractivity (Wildman–Crippen MR) is 113 cm³/mol. The minimum absolute atomic E-state index is 0.00661. The molecule has 2 unspecified atom stereocenters. The highest BCUT2D eigenvalue weighted by Crippen LogP contribution is 2.58. The Morgan fingerprint density at radius 2 is 1.79 bits per heavy atom. The third kappa shape index (κ3) is 2.65. The summed E-state index contributed by atoms with van der Waals surface area (Å²) in [6.07, 6.45) is 1.30. The van der Waals surface area contributed by atoms with Gasteiger partial charge in [-0.3, -0.25) is 19.8 Å². The van der Waals surface area contributed by atoms with Gasteiger partial charge in [0.15, 0.2) is 0 Å². The van der Waals surface area contributed by atoms with E-state index in [-0.39, 0.29) is 22.2 Å². The van der Waals surface area contributed by atoms with Crippen LogP contribution < -0.4 is 4.90 Å². The topological polar surface area (TPSA) is 76.3 Å². The summed E-state index contributed by atoms with van der Waals surface area (Å²) in [7, 11) is 0. The molecule has 0 spiro atoms. The van der Waals surface area contributed by atoms with Gasteiger partial charge in [-0.1, -0.05) is 24.3 Å². The van der Waals surface area contributed by atoms with E-state index in [0.29, 0.717) is 11.3 Å². The van der Waals surface area contributed by atoms with Gasteiger partial charge in [-0.25, -0.2) is 4.98 Å². The highest BCUT2D eigenvalue weighted by molar-refractivity contribution is 8.01. The Bertz CT molecular complexity index is 1180. The number of amides is 1. The molecule has 0 aliphatic carbocycles. The van der Waals surface area contributed by atoms with Crippen molar-refractivity contribution in [3.8, 4) is 11.3 Å². The van der Waals surface area contributed by atoms with E-state index in [1.807, 2.05) is 50.2 Å². The van der Waals surface area contributed by atoms with Gasteiger partial charge >= 0.3 is 0 Å². The van der Waals surface area contributed by atoms with Gasteiger partial charge in [0.25, 0.3) is 5.69 Å². The zero-order chi connectivity index (χ0) is 20.3. The molecule has 6 nitrogen and oxygen atoms in total.